The van der Waals surface area contributed by atoms with Gasteiger partial charge in [0.15, 0.2) is 0 Å². The van der Waals surface area contributed by atoms with Gasteiger partial charge in [-0.3, -0.25) is 9.59 Å². The van der Waals surface area contributed by atoms with Crippen molar-refractivity contribution in [1.29, 1.82) is 5.26 Å². The molecule has 0 atom stereocenters. The molecule has 0 saturated carbocycles. The van der Waals surface area contributed by atoms with Crippen molar-refractivity contribution in [3.63, 3.8) is 0 Å². The number of carbonyl (C=O) groups is 1. The summed E-state index contributed by atoms with van der Waals surface area (Å²) in [5.41, 5.74) is 6.46. The number of nitrogens with one attached hydrogen (secondary N) is 1. The number of hydrogen-bond acceptors (Lipinski definition) is 4. The van der Waals surface area contributed by atoms with E-state index in [1.807, 2.05) is 0 Å². The van der Waals surface area contributed by atoms with Crippen molar-refractivity contribution in [1.82, 2.24) is 9.88 Å². The predicted octanol–water partition coefficient (Wildman–Crippen LogP) is -0.621. The molecule has 16 heavy (non-hydrogen) atoms. The second-order valence-electron chi connectivity index (χ2n) is 3.31. The van der Waals surface area contributed by atoms with Crippen LogP contribution >= 0.6 is 0 Å². The molecule has 84 valence electrons. The average molecular weight is 220 g/mol. The Hall–Kier alpha value is -2.29. The first-order chi connectivity index (χ1) is 7.54. The third-order valence-corrected chi connectivity index (χ3v) is 2.05. The van der Waals surface area contributed by atoms with Crippen LogP contribution in [0.2, 0.25) is 0 Å². The SMILES string of the molecule is Cc1cc(=O)n(CC(=O)NCC#N)cc1N. The topological polar surface area (TPSA) is 101 Å². The van der Waals surface area contributed by atoms with Gasteiger partial charge in [0.05, 0.1) is 11.8 Å². The third-order valence-electron chi connectivity index (χ3n) is 2.05. The lowest BCUT2D eigenvalue weighted by Gasteiger charge is -2.07. The zero-order chi connectivity index (χ0) is 12.1. The van der Waals surface area contributed by atoms with Gasteiger partial charge in [-0.1, -0.05) is 0 Å². The molecule has 1 aromatic rings. The van der Waals surface area contributed by atoms with E-state index in [2.05, 4.69) is 5.32 Å². The lowest BCUT2D eigenvalue weighted by molar-refractivity contribution is -0.121. The number of hydrogen-bond donors (Lipinski definition) is 2. The summed E-state index contributed by atoms with van der Waals surface area (Å²) in [4.78, 5) is 22.7. The Morgan fingerprint density at radius 2 is 2.38 bits per heavy atom. The van der Waals surface area contributed by atoms with E-state index >= 15 is 0 Å². The molecule has 0 aliphatic rings. The van der Waals surface area contributed by atoms with Crippen molar-refractivity contribution in [3.8, 4) is 6.07 Å². The summed E-state index contributed by atoms with van der Waals surface area (Å²) in [6.07, 6.45) is 1.42. The maximum absolute atomic E-state index is 11.5. The van der Waals surface area contributed by atoms with Gasteiger partial charge in [-0.05, 0) is 12.5 Å². The van der Waals surface area contributed by atoms with E-state index in [-0.39, 0.29) is 18.6 Å². The Kier molecular flexibility index (Phi) is 3.67. The Morgan fingerprint density at radius 3 is 3.00 bits per heavy atom. The number of carbonyl (C=O) groups excluding carboxylic acids is 1. The zero-order valence-corrected chi connectivity index (χ0v) is 8.86. The number of aromatic nitrogens is 1. The Labute approximate surface area is 92.3 Å². The molecule has 0 aliphatic heterocycles. The van der Waals surface area contributed by atoms with Gasteiger partial charge < -0.3 is 15.6 Å². The van der Waals surface area contributed by atoms with Crippen LogP contribution in [0.4, 0.5) is 5.69 Å². The molecule has 0 bridgehead atoms. The second-order valence-corrected chi connectivity index (χ2v) is 3.31. The smallest absolute Gasteiger partial charge is 0.251 e. The summed E-state index contributed by atoms with van der Waals surface area (Å²) in [7, 11) is 0. The molecule has 6 nitrogen and oxygen atoms in total. The average Bonchev–Trinajstić information content (AvgIpc) is 2.23. The van der Waals surface area contributed by atoms with Crippen LogP contribution in [0.3, 0.4) is 0 Å². The highest BCUT2D eigenvalue weighted by Crippen LogP contribution is 2.04. The first-order valence-corrected chi connectivity index (χ1v) is 4.65. The van der Waals surface area contributed by atoms with Gasteiger partial charge in [-0.15, -0.1) is 0 Å². The summed E-state index contributed by atoms with van der Waals surface area (Å²) in [5, 5.41) is 10.6. The van der Waals surface area contributed by atoms with Crippen molar-refractivity contribution in [2.45, 2.75) is 13.5 Å². The minimum atomic E-state index is -0.396. The molecule has 0 unspecified atom stereocenters. The predicted molar refractivity (Wildman–Crippen MR) is 58.5 cm³/mol. The van der Waals surface area contributed by atoms with Crippen molar-refractivity contribution < 1.29 is 4.79 Å². The summed E-state index contributed by atoms with van der Waals surface area (Å²) in [5.74, 6) is -0.396. The van der Waals surface area contributed by atoms with E-state index in [9.17, 15) is 9.59 Å². The molecule has 6 heteroatoms. The lowest BCUT2D eigenvalue weighted by Crippen LogP contribution is -2.32. The number of anilines is 1. The Balaban J connectivity index is 2.83. The zero-order valence-electron chi connectivity index (χ0n) is 8.86. The van der Waals surface area contributed by atoms with Gasteiger partial charge in [-0.2, -0.15) is 5.26 Å². The Morgan fingerprint density at radius 1 is 1.69 bits per heavy atom. The summed E-state index contributed by atoms with van der Waals surface area (Å²) < 4.78 is 1.20. The van der Waals surface area contributed by atoms with E-state index in [1.165, 1.54) is 16.8 Å². The number of nitrogens with zero attached hydrogens (tertiary/aromatic N) is 2. The van der Waals surface area contributed by atoms with E-state index in [0.29, 0.717) is 11.3 Å². The van der Waals surface area contributed by atoms with E-state index in [4.69, 9.17) is 11.0 Å². The third kappa shape index (κ3) is 2.85. The molecule has 1 rings (SSSR count). The fourth-order valence-corrected chi connectivity index (χ4v) is 1.16. The number of pyridine rings is 1. The number of rotatable bonds is 3. The lowest BCUT2D eigenvalue weighted by atomic mass is 10.2. The van der Waals surface area contributed by atoms with Crippen LogP contribution in [0.15, 0.2) is 17.1 Å². The maximum Gasteiger partial charge on any atom is 0.251 e. The van der Waals surface area contributed by atoms with Gasteiger partial charge in [0.1, 0.15) is 13.1 Å². The van der Waals surface area contributed by atoms with Gasteiger partial charge in [0.25, 0.3) is 5.56 Å². The van der Waals surface area contributed by atoms with Crippen molar-refractivity contribution in [2.24, 2.45) is 0 Å². The van der Waals surface area contributed by atoms with Crippen LogP contribution in [0.25, 0.3) is 0 Å². The normalized spacial score (nSPS) is 9.50. The highest BCUT2D eigenvalue weighted by Gasteiger charge is 2.05. The van der Waals surface area contributed by atoms with Crippen LogP contribution in [0.5, 0.6) is 0 Å². The molecule has 1 heterocycles. The number of aryl methyl sites for hydroxylation is 1. The summed E-state index contributed by atoms with van der Waals surface area (Å²) in [6.45, 7) is 1.51. The fourth-order valence-electron chi connectivity index (χ4n) is 1.16. The molecule has 0 aromatic carbocycles. The molecule has 0 radical (unpaired) electrons. The largest absolute Gasteiger partial charge is 0.397 e. The standard InChI is InChI=1S/C10H12N4O2/c1-7-4-10(16)14(5-8(7)12)6-9(15)13-3-2-11/h4-5H,3,6,12H2,1H3,(H,13,15). The minimum Gasteiger partial charge on any atom is -0.397 e. The quantitative estimate of drug-likeness (QED) is 0.663. The van der Waals surface area contributed by atoms with Crippen molar-refractivity contribution >= 4 is 11.6 Å². The molecule has 0 spiro atoms. The maximum atomic E-state index is 11.5. The first-order valence-electron chi connectivity index (χ1n) is 4.65. The molecule has 3 N–H and O–H groups in total. The van der Waals surface area contributed by atoms with Crippen LogP contribution in [0, 0.1) is 18.3 Å². The second kappa shape index (κ2) is 4.98. The molecular weight excluding hydrogens is 208 g/mol. The van der Waals surface area contributed by atoms with Crippen LogP contribution in [0.1, 0.15) is 5.56 Å². The van der Waals surface area contributed by atoms with Gasteiger partial charge in [0, 0.05) is 12.3 Å². The first kappa shape index (κ1) is 11.8. The van der Waals surface area contributed by atoms with Crippen molar-refractivity contribution in [3.05, 3.63) is 28.2 Å². The molecule has 1 aromatic heterocycles. The molecule has 0 aliphatic carbocycles. The fraction of sp³-hybridized carbons (Fsp3) is 0.300. The monoisotopic (exact) mass is 220 g/mol. The molecule has 0 saturated heterocycles. The van der Waals surface area contributed by atoms with E-state index in [1.54, 1.807) is 13.0 Å². The van der Waals surface area contributed by atoms with Crippen LogP contribution in [-0.4, -0.2) is 17.0 Å². The van der Waals surface area contributed by atoms with Crippen LogP contribution < -0.4 is 16.6 Å². The van der Waals surface area contributed by atoms with E-state index < -0.39 is 5.91 Å². The summed E-state index contributed by atoms with van der Waals surface area (Å²) >= 11 is 0. The highest BCUT2D eigenvalue weighted by molar-refractivity contribution is 5.76. The minimum absolute atomic E-state index is 0.0745. The number of amides is 1. The number of nitrogen functional groups attached to an aromatic ring is 1. The van der Waals surface area contributed by atoms with Gasteiger partial charge in [-0.25, -0.2) is 0 Å². The molecule has 0 fully saturated rings. The summed E-state index contributed by atoms with van der Waals surface area (Å²) in [6, 6.07) is 3.14. The highest BCUT2D eigenvalue weighted by atomic mass is 16.2. The van der Waals surface area contributed by atoms with Gasteiger partial charge >= 0.3 is 0 Å². The Bertz CT molecular complexity index is 499. The van der Waals surface area contributed by atoms with Gasteiger partial charge in [0.2, 0.25) is 5.91 Å². The molecular formula is C10H12N4O2. The molecule has 1 amide bonds. The van der Waals surface area contributed by atoms with Crippen LogP contribution in [-0.2, 0) is 11.3 Å². The number of nitrogens with two attached hydrogens (primary N) is 1. The number of nitriles is 1. The van der Waals surface area contributed by atoms with E-state index in [0.717, 1.165) is 0 Å². The van der Waals surface area contributed by atoms with Crippen molar-refractivity contribution in [2.75, 3.05) is 12.3 Å².